The highest BCUT2D eigenvalue weighted by Crippen LogP contribution is 2.21. The molecule has 2 N–H and O–H groups in total. The lowest BCUT2D eigenvalue weighted by molar-refractivity contribution is 0.940. The molecule has 0 saturated carbocycles. The summed E-state index contributed by atoms with van der Waals surface area (Å²) in [5.41, 5.74) is 8.97. The van der Waals surface area contributed by atoms with Crippen molar-refractivity contribution in [3.8, 4) is 11.1 Å². The zero-order valence-electron chi connectivity index (χ0n) is 9.35. The SMILES string of the molecule is CCc1ncc(-c2ccccc2CN)cn1. The van der Waals surface area contributed by atoms with Gasteiger partial charge in [0.1, 0.15) is 5.82 Å². The maximum atomic E-state index is 5.70. The van der Waals surface area contributed by atoms with Gasteiger partial charge in [0.2, 0.25) is 0 Å². The first-order valence-corrected chi connectivity index (χ1v) is 5.44. The number of nitrogens with zero attached hydrogens (tertiary/aromatic N) is 2. The molecule has 1 heterocycles. The number of hydrogen-bond acceptors (Lipinski definition) is 3. The second-order valence-electron chi connectivity index (χ2n) is 3.60. The molecule has 0 saturated heterocycles. The van der Waals surface area contributed by atoms with Crippen molar-refractivity contribution in [2.24, 2.45) is 5.73 Å². The monoisotopic (exact) mass is 213 g/mol. The third-order valence-electron chi connectivity index (χ3n) is 2.57. The Balaban J connectivity index is 2.42. The van der Waals surface area contributed by atoms with E-state index < -0.39 is 0 Å². The molecule has 0 aliphatic heterocycles. The third-order valence-corrected chi connectivity index (χ3v) is 2.57. The van der Waals surface area contributed by atoms with E-state index in [0.29, 0.717) is 6.54 Å². The number of benzene rings is 1. The molecule has 0 aliphatic rings. The normalized spacial score (nSPS) is 10.4. The van der Waals surface area contributed by atoms with Crippen molar-refractivity contribution in [2.45, 2.75) is 19.9 Å². The van der Waals surface area contributed by atoms with Crippen molar-refractivity contribution in [3.05, 3.63) is 48.0 Å². The van der Waals surface area contributed by atoms with Crippen molar-refractivity contribution >= 4 is 0 Å². The zero-order valence-corrected chi connectivity index (χ0v) is 9.35. The van der Waals surface area contributed by atoms with Gasteiger partial charge in [0.25, 0.3) is 0 Å². The molecule has 0 spiro atoms. The van der Waals surface area contributed by atoms with E-state index in [9.17, 15) is 0 Å². The van der Waals surface area contributed by atoms with E-state index in [4.69, 9.17) is 5.73 Å². The summed E-state index contributed by atoms with van der Waals surface area (Å²) in [6, 6.07) is 8.07. The predicted octanol–water partition coefficient (Wildman–Crippen LogP) is 2.16. The Morgan fingerprint density at radius 3 is 2.44 bits per heavy atom. The van der Waals surface area contributed by atoms with Crippen LogP contribution in [0.3, 0.4) is 0 Å². The summed E-state index contributed by atoms with van der Waals surface area (Å²) in [6.45, 7) is 2.58. The lowest BCUT2D eigenvalue weighted by Crippen LogP contribution is -1.99. The molecule has 0 amide bonds. The summed E-state index contributed by atoms with van der Waals surface area (Å²) in [4.78, 5) is 8.59. The maximum Gasteiger partial charge on any atom is 0.127 e. The molecule has 82 valence electrons. The van der Waals surface area contributed by atoms with Crippen molar-refractivity contribution in [3.63, 3.8) is 0 Å². The molecule has 0 bridgehead atoms. The smallest absolute Gasteiger partial charge is 0.127 e. The van der Waals surface area contributed by atoms with Gasteiger partial charge in [-0.15, -0.1) is 0 Å². The Morgan fingerprint density at radius 2 is 1.81 bits per heavy atom. The molecule has 16 heavy (non-hydrogen) atoms. The van der Waals surface area contributed by atoms with E-state index in [0.717, 1.165) is 28.9 Å². The first kappa shape index (κ1) is 10.8. The van der Waals surface area contributed by atoms with Gasteiger partial charge in [-0.2, -0.15) is 0 Å². The summed E-state index contributed by atoms with van der Waals surface area (Å²) in [5.74, 6) is 0.869. The fraction of sp³-hybridized carbons (Fsp3) is 0.231. The predicted molar refractivity (Wildman–Crippen MR) is 64.7 cm³/mol. The molecule has 3 heteroatoms. The largest absolute Gasteiger partial charge is 0.326 e. The Labute approximate surface area is 95.4 Å². The molecule has 1 aromatic carbocycles. The number of rotatable bonds is 3. The fourth-order valence-corrected chi connectivity index (χ4v) is 1.66. The van der Waals surface area contributed by atoms with Gasteiger partial charge in [0, 0.05) is 30.9 Å². The first-order valence-electron chi connectivity index (χ1n) is 5.44. The second kappa shape index (κ2) is 4.86. The first-order chi connectivity index (χ1) is 7.85. The van der Waals surface area contributed by atoms with Crippen LogP contribution in [0.25, 0.3) is 11.1 Å². The highest BCUT2D eigenvalue weighted by molar-refractivity contribution is 5.65. The molecular weight excluding hydrogens is 198 g/mol. The Bertz CT molecular complexity index is 463. The molecule has 0 radical (unpaired) electrons. The number of aromatic nitrogens is 2. The Hall–Kier alpha value is -1.74. The Morgan fingerprint density at radius 1 is 1.12 bits per heavy atom. The van der Waals surface area contributed by atoms with Crippen LogP contribution in [0.2, 0.25) is 0 Å². The summed E-state index contributed by atoms with van der Waals surface area (Å²) >= 11 is 0. The van der Waals surface area contributed by atoms with E-state index in [1.807, 2.05) is 43.6 Å². The minimum absolute atomic E-state index is 0.533. The van der Waals surface area contributed by atoms with Gasteiger partial charge in [-0.1, -0.05) is 31.2 Å². The van der Waals surface area contributed by atoms with Crippen molar-refractivity contribution in [1.82, 2.24) is 9.97 Å². The average molecular weight is 213 g/mol. The molecule has 1 aromatic heterocycles. The van der Waals surface area contributed by atoms with Crippen LogP contribution in [0, 0.1) is 0 Å². The summed E-state index contributed by atoms with van der Waals surface area (Å²) in [5, 5.41) is 0. The van der Waals surface area contributed by atoms with Gasteiger partial charge in [0.05, 0.1) is 0 Å². The van der Waals surface area contributed by atoms with Crippen LogP contribution in [0.15, 0.2) is 36.7 Å². The molecule has 0 unspecified atom stereocenters. The topological polar surface area (TPSA) is 51.8 Å². The number of nitrogens with two attached hydrogens (primary N) is 1. The summed E-state index contributed by atoms with van der Waals surface area (Å²) < 4.78 is 0. The van der Waals surface area contributed by atoms with Crippen LogP contribution in [-0.4, -0.2) is 9.97 Å². The average Bonchev–Trinajstić information content (AvgIpc) is 2.39. The van der Waals surface area contributed by atoms with Crippen molar-refractivity contribution < 1.29 is 0 Å². The lowest BCUT2D eigenvalue weighted by Gasteiger charge is -2.07. The fourth-order valence-electron chi connectivity index (χ4n) is 1.66. The van der Waals surface area contributed by atoms with Crippen molar-refractivity contribution in [1.29, 1.82) is 0 Å². The van der Waals surface area contributed by atoms with Crippen LogP contribution >= 0.6 is 0 Å². The molecule has 0 aliphatic carbocycles. The molecule has 0 atom stereocenters. The summed E-state index contributed by atoms with van der Waals surface area (Å²) in [7, 11) is 0. The third kappa shape index (κ3) is 2.09. The molecular formula is C13H15N3. The minimum atomic E-state index is 0.533. The quantitative estimate of drug-likeness (QED) is 0.850. The van der Waals surface area contributed by atoms with Crippen LogP contribution in [0.5, 0.6) is 0 Å². The lowest BCUT2D eigenvalue weighted by atomic mass is 10.0. The molecule has 0 fully saturated rings. The molecule has 2 rings (SSSR count). The van der Waals surface area contributed by atoms with Gasteiger partial charge in [-0.3, -0.25) is 0 Å². The van der Waals surface area contributed by atoms with Gasteiger partial charge in [-0.05, 0) is 11.1 Å². The van der Waals surface area contributed by atoms with E-state index in [1.165, 1.54) is 0 Å². The standard InChI is InChI=1S/C13H15N3/c1-2-13-15-8-11(9-16-13)12-6-4-3-5-10(12)7-14/h3-6,8-9H,2,7,14H2,1H3. The van der Waals surface area contributed by atoms with Crippen LogP contribution in [-0.2, 0) is 13.0 Å². The second-order valence-corrected chi connectivity index (χ2v) is 3.60. The minimum Gasteiger partial charge on any atom is -0.326 e. The van der Waals surface area contributed by atoms with Gasteiger partial charge in [0.15, 0.2) is 0 Å². The summed E-state index contributed by atoms with van der Waals surface area (Å²) in [6.07, 6.45) is 4.58. The van der Waals surface area contributed by atoms with E-state index in [2.05, 4.69) is 9.97 Å². The molecule has 3 nitrogen and oxygen atoms in total. The molecule has 2 aromatic rings. The number of aryl methyl sites for hydroxylation is 1. The van der Waals surface area contributed by atoms with Gasteiger partial charge in [-0.25, -0.2) is 9.97 Å². The Kier molecular flexibility index (Phi) is 3.27. The van der Waals surface area contributed by atoms with Crippen LogP contribution in [0.4, 0.5) is 0 Å². The maximum absolute atomic E-state index is 5.70. The van der Waals surface area contributed by atoms with E-state index in [1.54, 1.807) is 0 Å². The van der Waals surface area contributed by atoms with Crippen molar-refractivity contribution in [2.75, 3.05) is 0 Å². The highest BCUT2D eigenvalue weighted by atomic mass is 14.9. The highest BCUT2D eigenvalue weighted by Gasteiger charge is 2.03. The van der Waals surface area contributed by atoms with Gasteiger partial charge < -0.3 is 5.73 Å². The zero-order chi connectivity index (χ0) is 11.4. The van der Waals surface area contributed by atoms with E-state index in [-0.39, 0.29) is 0 Å². The van der Waals surface area contributed by atoms with Crippen LogP contribution in [0.1, 0.15) is 18.3 Å². The van der Waals surface area contributed by atoms with Gasteiger partial charge >= 0.3 is 0 Å². The van der Waals surface area contributed by atoms with E-state index >= 15 is 0 Å². The number of hydrogen-bond donors (Lipinski definition) is 1. The van der Waals surface area contributed by atoms with Crippen LogP contribution < -0.4 is 5.73 Å².